The first-order valence-electron chi connectivity index (χ1n) is 5.68. The molecule has 0 aromatic rings. The van der Waals surface area contributed by atoms with Gasteiger partial charge in [0.05, 0.1) is 0 Å². The fraction of sp³-hybridized carbons (Fsp3) is 1.00. The molecule has 1 aliphatic heterocycles. The summed E-state index contributed by atoms with van der Waals surface area (Å²) < 4.78 is 2.98. The fourth-order valence-corrected chi connectivity index (χ4v) is 14.7. The molecule has 78 valence electrons. The highest BCUT2D eigenvalue weighted by molar-refractivity contribution is 6.91. The average Bonchev–Trinajstić information content (AvgIpc) is 1.96. The molecule has 0 spiro atoms. The van der Waals surface area contributed by atoms with Crippen LogP contribution in [0.5, 0.6) is 0 Å². The summed E-state index contributed by atoms with van der Waals surface area (Å²) in [5.41, 5.74) is 0. The van der Waals surface area contributed by atoms with Crippen LogP contribution in [0.3, 0.4) is 0 Å². The molecule has 0 amide bonds. The molecule has 13 heavy (non-hydrogen) atoms. The first-order valence-corrected chi connectivity index (χ1v) is 12.0. The highest BCUT2D eigenvalue weighted by Crippen LogP contribution is 2.34. The molecule has 0 unspecified atom stereocenters. The van der Waals surface area contributed by atoms with Gasteiger partial charge in [0.2, 0.25) is 0 Å². The zero-order chi connectivity index (χ0) is 10.1. The minimum atomic E-state index is -0.981. The van der Waals surface area contributed by atoms with Crippen LogP contribution in [-0.2, 0) is 0 Å². The van der Waals surface area contributed by atoms with Gasteiger partial charge in [-0.3, -0.25) is 0 Å². The first kappa shape index (κ1) is 11.5. The summed E-state index contributed by atoms with van der Waals surface area (Å²) in [6.45, 7) is 14.0. The third-order valence-electron chi connectivity index (χ3n) is 3.49. The molecule has 0 aliphatic carbocycles. The van der Waals surface area contributed by atoms with E-state index in [9.17, 15) is 0 Å². The second-order valence-electron chi connectivity index (χ2n) is 5.63. The zero-order valence-electron chi connectivity index (χ0n) is 9.98. The van der Waals surface area contributed by atoms with Gasteiger partial charge in [-0.15, -0.1) is 0 Å². The third kappa shape index (κ3) is 2.45. The maximum atomic E-state index is 2.98. The topological polar surface area (TPSA) is 3.24 Å². The molecule has 1 rings (SSSR count). The smallest absolute Gasteiger partial charge is 0.115 e. The van der Waals surface area contributed by atoms with Gasteiger partial charge in [0.25, 0.3) is 0 Å². The molecule has 0 saturated carbocycles. The lowest BCUT2D eigenvalue weighted by atomic mass is 10.5. The molecule has 0 aromatic carbocycles. The molecule has 1 aliphatic rings. The average molecular weight is 215 g/mol. The minimum Gasteiger partial charge on any atom is -0.345 e. The van der Waals surface area contributed by atoms with Crippen LogP contribution >= 0.6 is 0 Å². The predicted molar refractivity (Wildman–Crippen MR) is 66.2 cm³/mol. The molecule has 1 fully saturated rings. The number of hydrogen-bond donors (Lipinski definition) is 0. The van der Waals surface area contributed by atoms with Gasteiger partial charge < -0.3 is 4.23 Å². The van der Waals surface area contributed by atoms with Crippen molar-refractivity contribution in [1.82, 2.24) is 4.23 Å². The summed E-state index contributed by atoms with van der Waals surface area (Å²) in [4.78, 5) is 0. The van der Waals surface area contributed by atoms with Crippen molar-refractivity contribution in [2.45, 2.75) is 58.0 Å². The summed E-state index contributed by atoms with van der Waals surface area (Å²) in [6, 6.07) is 3.06. The Morgan fingerprint density at radius 2 is 1.46 bits per heavy atom. The van der Waals surface area contributed by atoms with Crippen molar-refractivity contribution in [3.8, 4) is 0 Å². The van der Waals surface area contributed by atoms with Crippen LogP contribution in [-0.4, -0.2) is 27.2 Å². The molecular weight excluding hydrogens is 190 g/mol. The van der Waals surface area contributed by atoms with E-state index in [-0.39, 0.29) is 0 Å². The highest BCUT2D eigenvalue weighted by Gasteiger charge is 2.42. The van der Waals surface area contributed by atoms with Crippen LogP contribution < -0.4 is 0 Å². The van der Waals surface area contributed by atoms with Crippen molar-refractivity contribution in [1.29, 1.82) is 0 Å². The zero-order valence-corrected chi connectivity index (χ0v) is 12.0. The van der Waals surface area contributed by atoms with E-state index in [4.69, 9.17) is 0 Å². The molecule has 0 atom stereocenters. The summed E-state index contributed by atoms with van der Waals surface area (Å²) in [7, 11) is -1.96. The lowest BCUT2D eigenvalue weighted by molar-refractivity contribution is 0.567. The van der Waals surface area contributed by atoms with Crippen molar-refractivity contribution in [2.75, 3.05) is 6.54 Å². The Morgan fingerprint density at radius 1 is 1.00 bits per heavy atom. The van der Waals surface area contributed by atoms with Crippen molar-refractivity contribution in [3.05, 3.63) is 0 Å². The van der Waals surface area contributed by atoms with Crippen LogP contribution in [0.4, 0.5) is 0 Å². The standard InChI is InChI=1S/C10H25NSi2/c1-6-8-11-12(2,3)9-7-10-13(11,4)5/h6-10H2,1-5H3. The molecule has 1 nitrogen and oxygen atoms in total. The lowest BCUT2D eigenvalue weighted by Crippen LogP contribution is -2.64. The van der Waals surface area contributed by atoms with Gasteiger partial charge in [0.15, 0.2) is 0 Å². The molecule has 1 saturated heterocycles. The van der Waals surface area contributed by atoms with E-state index in [0.717, 1.165) is 0 Å². The van der Waals surface area contributed by atoms with Gasteiger partial charge >= 0.3 is 0 Å². The molecule has 3 heteroatoms. The van der Waals surface area contributed by atoms with Gasteiger partial charge in [0.1, 0.15) is 16.5 Å². The summed E-state index contributed by atoms with van der Waals surface area (Å²) in [5, 5.41) is 0. The van der Waals surface area contributed by atoms with Crippen molar-refractivity contribution >= 4 is 16.5 Å². The number of nitrogens with zero attached hydrogens (tertiary/aromatic N) is 1. The Labute approximate surface area is 85.7 Å². The van der Waals surface area contributed by atoms with E-state index >= 15 is 0 Å². The Kier molecular flexibility index (Phi) is 3.41. The third-order valence-corrected chi connectivity index (χ3v) is 13.6. The van der Waals surface area contributed by atoms with Gasteiger partial charge in [-0.05, 0) is 25.1 Å². The van der Waals surface area contributed by atoms with E-state index in [1.165, 1.54) is 31.5 Å². The Hall–Kier alpha value is 0.394. The maximum Gasteiger partial charge on any atom is 0.115 e. The monoisotopic (exact) mass is 215 g/mol. The maximum absolute atomic E-state index is 2.98. The second-order valence-corrected chi connectivity index (χ2v) is 15.4. The van der Waals surface area contributed by atoms with Crippen LogP contribution in [0, 0.1) is 0 Å². The van der Waals surface area contributed by atoms with E-state index < -0.39 is 16.5 Å². The highest BCUT2D eigenvalue weighted by atomic mass is 28.4. The Balaban J connectivity index is 2.78. The Morgan fingerprint density at radius 3 is 1.85 bits per heavy atom. The Bertz CT molecular complexity index is 162. The van der Waals surface area contributed by atoms with Crippen LogP contribution in [0.1, 0.15) is 19.8 Å². The SMILES string of the molecule is CCCN1[Si](C)(C)CCC[Si]1(C)C. The fourth-order valence-electron chi connectivity index (χ4n) is 2.87. The molecule has 0 N–H and O–H groups in total. The normalized spacial score (nSPS) is 27.5. The van der Waals surface area contributed by atoms with Crippen LogP contribution in [0.15, 0.2) is 0 Å². The largest absolute Gasteiger partial charge is 0.345 e. The van der Waals surface area contributed by atoms with E-state index in [0.29, 0.717) is 0 Å². The van der Waals surface area contributed by atoms with Crippen molar-refractivity contribution in [3.63, 3.8) is 0 Å². The van der Waals surface area contributed by atoms with Gasteiger partial charge in [-0.2, -0.15) is 0 Å². The quantitative estimate of drug-likeness (QED) is 0.637. The van der Waals surface area contributed by atoms with E-state index in [1.54, 1.807) is 0 Å². The van der Waals surface area contributed by atoms with Gasteiger partial charge in [0, 0.05) is 0 Å². The van der Waals surface area contributed by atoms with Crippen LogP contribution in [0.2, 0.25) is 38.3 Å². The predicted octanol–water partition coefficient (Wildman–Crippen LogP) is 3.51. The molecule has 0 bridgehead atoms. The van der Waals surface area contributed by atoms with E-state index in [2.05, 4.69) is 37.3 Å². The summed E-state index contributed by atoms with van der Waals surface area (Å²) >= 11 is 0. The number of rotatable bonds is 2. The van der Waals surface area contributed by atoms with Crippen molar-refractivity contribution in [2.24, 2.45) is 0 Å². The molecule has 1 heterocycles. The minimum absolute atomic E-state index is 0.981. The summed E-state index contributed by atoms with van der Waals surface area (Å²) in [6.07, 6.45) is 2.85. The lowest BCUT2D eigenvalue weighted by Gasteiger charge is -2.51. The number of hydrogen-bond acceptors (Lipinski definition) is 1. The van der Waals surface area contributed by atoms with Gasteiger partial charge in [-0.25, -0.2) is 0 Å². The first-order chi connectivity index (χ1) is 5.90. The summed E-state index contributed by atoms with van der Waals surface area (Å²) in [5.74, 6) is 0. The van der Waals surface area contributed by atoms with Gasteiger partial charge in [-0.1, -0.05) is 39.5 Å². The molecule has 0 radical (unpaired) electrons. The van der Waals surface area contributed by atoms with Crippen LogP contribution in [0.25, 0.3) is 0 Å². The second kappa shape index (κ2) is 3.87. The van der Waals surface area contributed by atoms with E-state index in [1.807, 2.05) is 0 Å². The molecule has 0 aromatic heterocycles. The molecular formula is C10H25NSi2. The van der Waals surface area contributed by atoms with Crippen molar-refractivity contribution < 1.29 is 0 Å².